The van der Waals surface area contributed by atoms with Crippen molar-refractivity contribution >= 4 is 17.7 Å². The van der Waals surface area contributed by atoms with Crippen molar-refractivity contribution in [3.63, 3.8) is 0 Å². The molecule has 0 radical (unpaired) electrons. The summed E-state index contributed by atoms with van der Waals surface area (Å²) in [6, 6.07) is 8.33. The van der Waals surface area contributed by atoms with Gasteiger partial charge in [-0.1, -0.05) is 24.3 Å². The molecule has 0 aliphatic carbocycles. The number of ether oxygens (including phenoxy) is 1. The Morgan fingerprint density at radius 1 is 1.29 bits per heavy atom. The SMILES string of the molecule is C[C@@H]1CN(Cc2ccccc2CNC(=O)[C@@H]2CSCN2)C[C@H](C)O1. The van der Waals surface area contributed by atoms with Gasteiger partial charge >= 0.3 is 0 Å². The highest BCUT2D eigenvalue weighted by atomic mass is 32.2. The molecular weight excluding hydrogens is 322 g/mol. The average molecular weight is 350 g/mol. The van der Waals surface area contributed by atoms with Gasteiger partial charge in [-0.15, -0.1) is 11.8 Å². The third-order valence-corrected chi connectivity index (χ3v) is 5.43. The second-order valence-electron chi connectivity index (χ2n) is 6.71. The molecule has 1 aromatic carbocycles. The maximum Gasteiger partial charge on any atom is 0.238 e. The summed E-state index contributed by atoms with van der Waals surface area (Å²) in [6.07, 6.45) is 0.540. The highest BCUT2D eigenvalue weighted by molar-refractivity contribution is 7.99. The number of carbonyl (C=O) groups excluding carboxylic acids is 1. The van der Waals surface area contributed by atoms with E-state index < -0.39 is 0 Å². The maximum absolute atomic E-state index is 12.2. The summed E-state index contributed by atoms with van der Waals surface area (Å²) >= 11 is 1.77. The monoisotopic (exact) mass is 349 g/mol. The van der Waals surface area contributed by atoms with Crippen LogP contribution >= 0.6 is 11.8 Å². The molecule has 2 heterocycles. The van der Waals surface area contributed by atoms with Crippen LogP contribution in [0.4, 0.5) is 0 Å². The summed E-state index contributed by atoms with van der Waals surface area (Å²) in [6.45, 7) is 7.65. The fourth-order valence-electron chi connectivity index (χ4n) is 3.41. The first kappa shape index (κ1) is 17.7. The van der Waals surface area contributed by atoms with Crippen LogP contribution in [-0.2, 0) is 22.6 Å². The Morgan fingerprint density at radius 2 is 2.00 bits per heavy atom. The van der Waals surface area contributed by atoms with Crippen LogP contribution in [0.25, 0.3) is 0 Å². The molecule has 2 aliphatic heterocycles. The molecule has 0 aromatic heterocycles. The van der Waals surface area contributed by atoms with Gasteiger partial charge in [0.15, 0.2) is 0 Å². The van der Waals surface area contributed by atoms with E-state index in [9.17, 15) is 4.79 Å². The van der Waals surface area contributed by atoms with Crippen molar-refractivity contribution in [3.8, 4) is 0 Å². The normalized spacial score (nSPS) is 28.0. The molecule has 0 saturated carbocycles. The van der Waals surface area contributed by atoms with Gasteiger partial charge in [-0.2, -0.15) is 0 Å². The van der Waals surface area contributed by atoms with E-state index in [0.29, 0.717) is 6.54 Å². The summed E-state index contributed by atoms with van der Waals surface area (Å²) in [5.74, 6) is 1.82. The molecule has 6 heteroatoms. The summed E-state index contributed by atoms with van der Waals surface area (Å²) in [5.41, 5.74) is 2.48. The number of hydrogen-bond acceptors (Lipinski definition) is 5. The van der Waals surface area contributed by atoms with Crippen LogP contribution in [0.1, 0.15) is 25.0 Å². The van der Waals surface area contributed by atoms with Crippen molar-refractivity contribution in [2.24, 2.45) is 0 Å². The van der Waals surface area contributed by atoms with E-state index >= 15 is 0 Å². The zero-order valence-electron chi connectivity index (χ0n) is 14.5. The molecule has 2 fully saturated rings. The summed E-state index contributed by atoms with van der Waals surface area (Å²) in [7, 11) is 0. The minimum atomic E-state index is -0.0527. The Labute approximate surface area is 148 Å². The van der Waals surface area contributed by atoms with Gasteiger partial charge in [-0.05, 0) is 25.0 Å². The Balaban J connectivity index is 1.59. The first-order valence-corrected chi connectivity index (χ1v) is 9.80. The third-order valence-electron chi connectivity index (χ3n) is 4.49. The number of carbonyl (C=O) groups is 1. The van der Waals surface area contributed by atoms with Gasteiger partial charge in [0.2, 0.25) is 5.91 Å². The fourth-order valence-corrected chi connectivity index (χ4v) is 4.35. The van der Waals surface area contributed by atoms with Gasteiger partial charge in [0.05, 0.1) is 18.2 Å². The van der Waals surface area contributed by atoms with Gasteiger partial charge in [-0.3, -0.25) is 15.0 Å². The molecule has 3 atom stereocenters. The highest BCUT2D eigenvalue weighted by Gasteiger charge is 2.24. The molecular formula is C18H27N3O2S. The second kappa shape index (κ2) is 8.34. The fraction of sp³-hybridized carbons (Fsp3) is 0.611. The molecule has 0 bridgehead atoms. The van der Waals surface area contributed by atoms with E-state index in [4.69, 9.17) is 4.74 Å². The van der Waals surface area contributed by atoms with E-state index in [1.54, 1.807) is 11.8 Å². The Kier molecular flexibility index (Phi) is 6.16. The lowest BCUT2D eigenvalue weighted by molar-refractivity contribution is -0.122. The summed E-state index contributed by atoms with van der Waals surface area (Å²) in [5, 5.41) is 6.29. The number of hydrogen-bond donors (Lipinski definition) is 2. The smallest absolute Gasteiger partial charge is 0.238 e. The van der Waals surface area contributed by atoms with Crippen molar-refractivity contribution < 1.29 is 9.53 Å². The molecule has 24 heavy (non-hydrogen) atoms. The molecule has 2 N–H and O–H groups in total. The maximum atomic E-state index is 12.2. The number of rotatable bonds is 5. The second-order valence-corrected chi connectivity index (χ2v) is 7.74. The zero-order valence-corrected chi connectivity index (χ0v) is 15.3. The van der Waals surface area contributed by atoms with Gasteiger partial charge in [-0.25, -0.2) is 0 Å². The lowest BCUT2D eigenvalue weighted by atomic mass is 10.1. The van der Waals surface area contributed by atoms with Crippen LogP contribution in [0.15, 0.2) is 24.3 Å². The van der Waals surface area contributed by atoms with Crippen LogP contribution in [0.5, 0.6) is 0 Å². The highest BCUT2D eigenvalue weighted by Crippen LogP contribution is 2.17. The van der Waals surface area contributed by atoms with Crippen LogP contribution in [-0.4, -0.2) is 53.8 Å². The first-order valence-electron chi connectivity index (χ1n) is 8.65. The zero-order chi connectivity index (χ0) is 16.9. The predicted molar refractivity (Wildman–Crippen MR) is 97.8 cm³/mol. The van der Waals surface area contributed by atoms with Crippen molar-refractivity contribution in [1.29, 1.82) is 0 Å². The summed E-state index contributed by atoms with van der Waals surface area (Å²) < 4.78 is 5.81. The third kappa shape index (κ3) is 4.72. The lowest BCUT2D eigenvalue weighted by Crippen LogP contribution is -2.45. The minimum Gasteiger partial charge on any atom is -0.373 e. The number of morpholine rings is 1. The molecule has 1 aromatic rings. The number of amides is 1. The number of nitrogens with zero attached hydrogens (tertiary/aromatic N) is 1. The van der Waals surface area contributed by atoms with Crippen LogP contribution in [0.3, 0.4) is 0 Å². The van der Waals surface area contributed by atoms with Crippen molar-refractivity contribution in [1.82, 2.24) is 15.5 Å². The van der Waals surface area contributed by atoms with Crippen molar-refractivity contribution in [2.75, 3.05) is 24.7 Å². The molecule has 2 saturated heterocycles. The molecule has 0 spiro atoms. The Hall–Kier alpha value is -1.08. The molecule has 132 valence electrons. The predicted octanol–water partition coefficient (Wildman–Crippen LogP) is 1.57. The number of nitrogens with one attached hydrogen (secondary N) is 2. The number of thioether (sulfide) groups is 1. The first-order chi connectivity index (χ1) is 11.6. The molecule has 0 unspecified atom stereocenters. The minimum absolute atomic E-state index is 0.0527. The molecule has 1 amide bonds. The largest absolute Gasteiger partial charge is 0.373 e. The van der Waals surface area contributed by atoms with Gasteiger partial charge in [0, 0.05) is 37.8 Å². The average Bonchev–Trinajstić information content (AvgIpc) is 3.07. The van der Waals surface area contributed by atoms with Gasteiger partial charge in [0.25, 0.3) is 0 Å². The van der Waals surface area contributed by atoms with E-state index in [1.165, 1.54) is 11.1 Å². The lowest BCUT2D eigenvalue weighted by Gasteiger charge is -2.35. The van der Waals surface area contributed by atoms with E-state index in [1.807, 2.05) is 6.07 Å². The molecule has 2 aliphatic rings. The van der Waals surface area contributed by atoms with E-state index in [0.717, 1.165) is 31.3 Å². The van der Waals surface area contributed by atoms with E-state index in [2.05, 4.69) is 47.6 Å². The van der Waals surface area contributed by atoms with Gasteiger partial charge < -0.3 is 10.1 Å². The van der Waals surface area contributed by atoms with Crippen LogP contribution in [0, 0.1) is 0 Å². The molecule has 3 rings (SSSR count). The number of benzene rings is 1. The Morgan fingerprint density at radius 3 is 2.67 bits per heavy atom. The topological polar surface area (TPSA) is 53.6 Å². The van der Waals surface area contributed by atoms with E-state index in [-0.39, 0.29) is 24.2 Å². The molecule has 5 nitrogen and oxygen atoms in total. The van der Waals surface area contributed by atoms with Crippen LogP contribution < -0.4 is 10.6 Å². The van der Waals surface area contributed by atoms with Crippen molar-refractivity contribution in [3.05, 3.63) is 35.4 Å². The Bertz CT molecular complexity index is 553. The van der Waals surface area contributed by atoms with Crippen LogP contribution in [0.2, 0.25) is 0 Å². The van der Waals surface area contributed by atoms with Gasteiger partial charge in [0.1, 0.15) is 0 Å². The summed E-state index contributed by atoms with van der Waals surface area (Å²) in [4.78, 5) is 14.6. The van der Waals surface area contributed by atoms with Crippen molar-refractivity contribution in [2.45, 2.75) is 45.2 Å². The standard InChI is InChI=1S/C18H27N3O2S/c1-13-8-21(9-14(2)23-13)10-16-6-4-3-5-15(16)7-19-18(22)17-11-24-12-20-17/h3-6,13-14,17,20H,7-12H2,1-2H3,(H,19,22)/t13-,14+,17-/m0/s1. The quantitative estimate of drug-likeness (QED) is 0.845.